The van der Waals surface area contributed by atoms with Crippen molar-refractivity contribution in [2.45, 2.75) is 40.0 Å². The third-order valence-electron chi connectivity index (χ3n) is 4.86. The first kappa shape index (κ1) is 22.1. The van der Waals surface area contributed by atoms with E-state index in [1.807, 2.05) is 19.1 Å². The molecule has 0 amide bonds. The number of halogens is 1. The number of likely N-dealkylation sites (N-methyl/N-ethyl adjacent to an activating group) is 1. The predicted molar refractivity (Wildman–Crippen MR) is 106 cm³/mol. The normalized spacial score (nSPS) is 13.6. The van der Waals surface area contributed by atoms with E-state index in [1.54, 1.807) is 6.07 Å². The lowest BCUT2D eigenvalue weighted by molar-refractivity contribution is -0.919. The maximum atomic E-state index is 12.8. The van der Waals surface area contributed by atoms with Crippen LogP contribution in [0.5, 0.6) is 5.75 Å². The molecule has 0 aliphatic heterocycles. The van der Waals surface area contributed by atoms with Crippen molar-refractivity contribution in [1.82, 2.24) is 0 Å². The second-order valence-electron chi connectivity index (χ2n) is 6.71. The minimum atomic E-state index is 0.183. The Kier molecular flexibility index (Phi) is 10.3. The Morgan fingerprint density at radius 2 is 2.00 bits per heavy atom. The molecule has 0 spiro atoms. The largest absolute Gasteiger partial charge is 0.508 e. The SMILES string of the molecule is CCCC[N+](CC)(CCOCCBr)CC(=O)Cc1c(C)cccc1O. The van der Waals surface area contributed by atoms with Gasteiger partial charge in [0, 0.05) is 17.3 Å². The van der Waals surface area contributed by atoms with Gasteiger partial charge >= 0.3 is 0 Å². The van der Waals surface area contributed by atoms with Crippen LogP contribution in [0.3, 0.4) is 0 Å². The molecule has 1 aromatic rings. The molecule has 0 aliphatic rings. The van der Waals surface area contributed by atoms with Gasteiger partial charge in [0.1, 0.15) is 18.8 Å². The summed E-state index contributed by atoms with van der Waals surface area (Å²) in [6.07, 6.45) is 2.52. The van der Waals surface area contributed by atoms with Gasteiger partial charge in [-0.2, -0.15) is 0 Å². The standard InChI is InChI=1S/C20H32BrNO3/c1-4-6-11-22(5-2,12-14-25-13-10-21)16-18(23)15-19-17(3)8-7-9-20(19)24/h7-9H,4-6,10-16H2,1-3H3/p+1. The molecule has 142 valence electrons. The van der Waals surface area contributed by atoms with E-state index < -0.39 is 0 Å². The Hall–Kier alpha value is -0.910. The fraction of sp³-hybridized carbons (Fsp3) is 0.650. The van der Waals surface area contributed by atoms with Crippen LogP contribution < -0.4 is 0 Å². The number of hydrogen-bond acceptors (Lipinski definition) is 3. The first-order chi connectivity index (χ1) is 12.0. The van der Waals surface area contributed by atoms with Gasteiger partial charge in [-0.15, -0.1) is 0 Å². The van der Waals surface area contributed by atoms with Crippen molar-refractivity contribution in [3.8, 4) is 5.75 Å². The molecule has 0 fully saturated rings. The van der Waals surface area contributed by atoms with Crippen LogP contribution >= 0.6 is 15.9 Å². The molecule has 1 atom stereocenters. The third kappa shape index (κ3) is 7.47. The molecule has 0 bridgehead atoms. The van der Waals surface area contributed by atoms with Crippen LogP contribution in [0.25, 0.3) is 0 Å². The summed E-state index contributed by atoms with van der Waals surface area (Å²) in [6, 6.07) is 5.41. The van der Waals surface area contributed by atoms with Crippen LogP contribution in [0, 0.1) is 6.92 Å². The minimum absolute atomic E-state index is 0.183. The Morgan fingerprint density at radius 3 is 2.60 bits per heavy atom. The fourth-order valence-electron chi connectivity index (χ4n) is 3.15. The number of carbonyl (C=O) groups is 1. The Morgan fingerprint density at radius 1 is 1.24 bits per heavy atom. The number of aryl methyl sites for hydroxylation is 1. The number of quaternary nitrogens is 1. The van der Waals surface area contributed by atoms with Gasteiger partial charge in [-0.05, 0) is 31.9 Å². The average molecular weight is 415 g/mol. The van der Waals surface area contributed by atoms with Gasteiger partial charge in [0.05, 0.1) is 26.3 Å². The number of carbonyl (C=O) groups excluding carboxylic acids is 1. The Bertz CT molecular complexity index is 515. The van der Waals surface area contributed by atoms with E-state index in [-0.39, 0.29) is 11.5 Å². The van der Waals surface area contributed by atoms with Crippen LogP contribution in [0.15, 0.2) is 18.2 Å². The summed E-state index contributed by atoms with van der Waals surface area (Å²) < 4.78 is 6.41. The second-order valence-corrected chi connectivity index (χ2v) is 7.50. The van der Waals surface area contributed by atoms with E-state index in [4.69, 9.17) is 4.74 Å². The maximum Gasteiger partial charge on any atom is 0.191 e. The van der Waals surface area contributed by atoms with Gasteiger partial charge in [0.15, 0.2) is 5.78 Å². The zero-order valence-electron chi connectivity index (χ0n) is 15.9. The minimum Gasteiger partial charge on any atom is -0.508 e. The number of phenols is 1. The number of aromatic hydroxyl groups is 1. The van der Waals surface area contributed by atoms with E-state index in [0.29, 0.717) is 26.2 Å². The molecule has 1 rings (SSSR count). The van der Waals surface area contributed by atoms with Crippen LogP contribution in [0.4, 0.5) is 0 Å². The molecule has 0 aliphatic carbocycles. The summed E-state index contributed by atoms with van der Waals surface area (Å²) in [5.41, 5.74) is 1.73. The molecule has 0 saturated heterocycles. The summed E-state index contributed by atoms with van der Waals surface area (Å²) in [4.78, 5) is 12.8. The van der Waals surface area contributed by atoms with Crippen molar-refractivity contribution in [2.24, 2.45) is 0 Å². The Labute approximate surface area is 160 Å². The number of ether oxygens (including phenoxy) is 1. The smallest absolute Gasteiger partial charge is 0.191 e. The first-order valence-corrected chi connectivity index (χ1v) is 10.4. The Balaban J connectivity index is 2.78. The third-order valence-corrected chi connectivity index (χ3v) is 5.18. The van der Waals surface area contributed by atoms with Gasteiger partial charge in [-0.3, -0.25) is 4.79 Å². The monoisotopic (exact) mass is 414 g/mol. The lowest BCUT2D eigenvalue weighted by atomic mass is 10.0. The number of benzene rings is 1. The predicted octanol–water partition coefficient (Wildman–Crippen LogP) is 3.86. The number of phenolic OH excluding ortho intramolecular Hbond substituents is 1. The van der Waals surface area contributed by atoms with E-state index in [9.17, 15) is 9.90 Å². The summed E-state index contributed by atoms with van der Waals surface area (Å²) in [6.45, 7) is 10.9. The zero-order chi connectivity index (χ0) is 18.7. The van der Waals surface area contributed by atoms with Gasteiger partial charge in [0.25, 0.3) is 0 Å². The highest BCUT2D eigenvalue weighted by molar-refractivity contribution is 9.09. The van der Waals surface area contributed by atoms with Crippen molar-refractivity contribution < 1.29 is 19.1 Å². The maximum absolute atomic E-state index is 12.8. The average Bonchev–Trinajstić information content (AvgIpc) is 2.60. The highest BCUT2D eigenvalue weighted by Gasteiger charge is 2.28. The van der Waals surface area contributed by atoms with Crippen LogP contribution in [-0.4, -0.2) is 60.1 Å². The number of rotatable bonds is 13. The molecule has 0 radical (unpaired) electrons. The number of Topliss-reactive ketones (excluding diaryl/α,β-unsaturated/α-hetero) is 1. The topological polar surface area (TPSA) is 46.5 Å². The number of ketones is 1. The molecule has 1 aromatic carbocycles. The van der Waals surface area contributed by atoms with E-state index in [1.165, 1.54) is 0 Å². The molecular formula is C20H33BrNO3+. The fourth-order valence-corrected chi connectivity index (χ4v) is 3.38. The highest BCUT2D eigenvalue weighted by atomic mass is 79.9. The van der Waals surface area contributed by atoms with E-state index >= 15 is 0 Å². The van der Waals surface area contributed by atoms with Gasteiger partial charge < -0.3 is 14.3 Å². The second kappa shape index (κ2) is 11.7. The van der Waals surface area contributed by atoms with Crippen LogP contribution in [0.2, 0.25) is 0 Å². The van der Waals surface area contributed by atoms with Crippen molar-refractivity contribution in [3.63, 3.8) is 0 Å². The van der Waals surface area contributed by atoms with E-state index in [0.717, 1.165) is 53.4 Å². The molecule has 0 saturated carbocycles. The zero-order valence-corrected chi connectivity index (χ0v) is 17.5. The van der Waals surface area contributed by atoms with Crippen molar-refractivity contribution in [1.29, 1.82) is 0 Å². The molecule has 1 unspecified atom stereocenters. The lowest BCUT2D eigenvalue weighted by Crippen LogP contribution is -2.53. The first-order valence-electron chi connectivity index (χ1n) is 9.26. The molecule has 5 heteroatoms. The molecule has 0 aromatic heterocycles. The summed E-state index contributed by atoms with van der Waals surface area (Å²) in [5, 5.41) is 10.9. The molecule has 25 heavy (non-hydrogen) atoms. The summed E-state index contributed by atoms with van der Waals surface area (Å²) in [5.74, 6) is 0.403. The quantitative estimate of drug-likeness (QED) is 0.302. The summed E-state index contributed by atoms with van der Waals surface area (Å²) in [7, 11) is 0. The number of alkyl halides is 1. The molecular weight excluding hydrogens is 382 g/mol. The summed E-state index contributed by atoms with van der Waals surface area (Å²) >= 11 is 3.37. The van der Waals surface area contributed by atoms with Crippen molar-refractivity contribution in [2.75, 3.05) is 44.7 Å². The van der Waals surface area contributed by atoms with Crippen molar-refractivity contribution in [3.05, 3.63) is 29.3 Å². The lowest BCUT2D eigenvalue weighted by Gasteiger charge is -2.37. The molecule has 1 N–H and O–H groups in total. The van der Waals surface area contributed by atoms with Gasteiger partial charge in [-0.1, -0.05) is 41.4 Å². The highest BCUT2D eigenvalue weighted by Crippen LogP contribution is 2.22. The molecule has 4 nitrogen and oxygen atoms in total. The number of unbranched alkanes of at least 4 members (excludes halogenated alkanes) is 1. The number of nitrogens with zero attached hydrogens (tertiary/aromatic N) is 1. The molecule has 0 heterocycles. The van der Waals surface area contributed by atoms with Gasteiger partial charge in [0.2, 0.25) is 0 Å². The van der Waals surface area contributed by atoms with Crippen LogP contribution in [0.1, 0.15) is 37.8 Å². The van der Waals surface area contributed by atoms with Crippen LogP contribution in [-0.2, 0) is 16.0 Å². The van der Waals surface area contributed by atoms with Crippen molar-refractivity contribution >= 4 is 21.7 Å². The van der Waals surface area contributed by atoms with Gasteiger partial charge in [-0.25, -0.2) is 0 Å². The number of hydrogen-bond donors (Lipinski definition) is 1. The van der Waals surface area contributed by atoms with E-state index in [2.05, 4.69) is 29.8 Å².